The predicted octanol–water partition coefficient (Wildman–Crippen LogP) is 32.8. The molecule has 6 heteroatoms. The number of halogens is 1. The van der Waals surface area contributed by atoms with Gasteiger partial charge in [-0.25, -0.2) is 0 Å². The largest absolute Gasteiger partial charge is 0.497 e. The molecule has 620 valence electrons. The minimum Gasteiger partial charge on any atom is -0.497 e. The van der Waals surface area contributed by atoms with Crippen molar-refractivity contribution < 1.29 is 14.3 Å². The molecule has 0 heterocycles. The molecule has 5 nitrogen and oxygen atoms in total. The summed E-state index contributed by atoms with van der Waals surface area (Å²) in [5.41, 5.74) is 15.9. The molecular weight excluding hydrogens is 1510 g/mol. The lowest BCUT2D eigenvalue weighted by Gasteiger charge is -2.58. The highest BCUT2D eigenvalue weighted by atomic mass is 127. The molecule has 8 fully saturated rings. The van der Waals surface area contributed by atoms with Gasteiger partial charge in [0.25, 0.3) is 0 Å². The highest BCUT2D eigenvalue weighted by Gasteiger charge is 2.59. The normalized spacial score (nSPS) is 25.5. The van der Waals surface area contributed by atoms with Gasteiger partial charge in [0.2, 0.25) is 0 Å². The van der Waals surface area contributed by atoms with Crippen LogP contribution in [-0.4, -0.2) is 23.1 Å². The van der Waals surface area contributed by atoms with Crippen LogP contribution in [0.2, 0.25) is 0 Å². The smallest absolute Gasteiger partial charge is 0.302 e. The molecule has 8 aromatic rings. The van der Waals surface area contributed by atoms with Crippen molar-refractivity contribution in [1.29, 1.82) is 0 Å². The average Bonchev–Trinajstić information content (AvgIpc) is 1.70. The van der Waals surface area contributed by atoms with Gasteiger partial charge in [0.05, 0.1) is 18.5 Å². The lowest BCUT2D eigenvalue weighted by atomic mass is 9.47. The second-order valence-electron chi connectivity index (χ2n) is 36.8. The van der Waals surface area contributed by atoms with Crippen LogP contribution in [0.4, 0.5) is 11.4 Å². The third-order valence-electron chi connectivity index (χ3n) is 28.0. The van der Waals surface area contributed by atoms with Crippen molar-refractivity contribution in [3.63, 3.8) is 0 Å². The number of nitrogens with zero attached hydrogens (tertiary/aromatic N) is 2. The third kappa shape index (κ3) is 29.0. The number of fused-ring (bicyclic) bond motifs is 10. The SMILES string of the molecule is CC(=O)O[C@H]1CC[C@@]2(C)C(=CCC3C2CC[C@@]2(C)C3CC[C@@H]2[C@H](C)CCCC(C)C)C1.CC1CCCCC1.CCC1CCCCC1.CCc1ccccc1.COc1ccc(-c2ccc(C)cc2)cc1.Cc1ccc(-c2ccccc2)cc1.Cc1ccc(N=Nc2ccccc2)cc1.Cc1ccccc1.IC1CC2CC1C1CCCC21. The third-order valence-corrected chi connectivity index (χ3v) is 29.5. The number of rotatable bonds is 13. The van der Waals surface area contributed by atoms with E-state index in [4.69, 9.17) is 9.47 Å². The van der Waals surface area contributed by atoms with Gasteiger partial charge in [-0.1, -0.05) is 390 Å². The first-order valence-electron chi connectivity index (χ1n) is 45.6. The summed E-state index contributed by atoms with van der Waals surface area (Å²) in [6.07, 6.45) is 42.6. The van der Waals surface area contributed by atoms with Crippen molar-refractivity contribution in [2.75, 3.05) is 7.11 Å². The van der Waals surface area contributed by atoms with Gasteiger partial charge in [-0.2, -0.15) is 10.2 Å². The molecule has 9 aliphatic rings. The highest BCUT2D eigenvalue weighted by molar-refractivity contribution is 14.1. The van der Waals surface area contributed by atoms with E-state index in [1.54, 1.807) is 51.7 Å². The summed E-state index contributed by atoms with van der Waals surface area (Å²) in [5, 5.41) is 8.27. The fraction of sp³-hybridized carbons (Fsp3) is 0.532. The molecule has 115 heavy (non-hydrogen) atoms. The van der Waals surface area contributed by atoms with Crippen LogP contribution in [0.3, 0.4) is 0 Å². The number of hydrogen-bond acceptors (Lipinski definition) is 5. The van der Waals surface area contributed by atoms with Gasteiger partial charge >= 0.3 is 5.97 Å². The molecule has 8 saturated carbocycles. The van der Waals surface area contributed by atoms with Crippen LogP contribution in [0.25, 0.3) is 22.3 Å². The Balaban J connectivity index is 0.000000156. The molecule has 8 unspecified atom stereocenters. The molecule has 13 atom stereocenters. The first-order valence-corrected chi connectivity index (χ1v) is 46.8. The maximum Gasteiger partial charge on any atom is 0.302 e. The first kappa shape index (κ1) is 92.0. The van der Waals surface area contributed by atoms with E-state index in [-0.39, 0.29) is 12.1 Å². The average molecular weight is 1660 g/mol. The van der Waals surface area contributed by atoms with Crippen LogP contribution < -0.4 is 4.74 Å². The lowest BCUT2D eigenvalue weighted by molar-refractivity contribution is -0.148. The number of carbonyl (C=O) groups excluding carboxylic acids is 1. The minimum atomic E-state index is -0.115. The molecule has 0 amide bonds. The number of alkyl halides is 1. The Morgan fingerprint density at radius 1 is 0.496 bits per heavy atom. The number of carbonyl (C=O) groups is 1. The summed E-state index contributed by atoms with van der Waals surface area (Å²) in [4.78, 5) is 11.5. The van der Waals surface area contributed by atoms with E-state index in [2.05, 4.69) is 243 Å². The summed E-state index contributed by atoms with van der Waals surface area (Å²) < 4.78 is 11.8. The summed E-state index contributed by atoms with van der Waals surface area (Å²) in [5.74, 6) is 12.9. The molecule has 8 aromatic carbocycles. The number of allylic oxidation sites excluding steroid dienone is 1. The van der Waals surface area contributed by atoms with Gasteiger partial charge in [-0.3, -0.25) is 4.79 Å². The van der Waals surface area contributed by atoms with Gasteiger partial charge < -0.3 is 9.47 Å². The van der Waals surface area contributed by atoms with Gasteiger partial charge in [-0.05, 0) is 251 Å². The maximum absolute atomic E-state index is 11.5. The van der Waals surface area contributed by atoms with Crippen molar-refractivity contribution in [3.05, 3.63) is 258 Å². The molecule has 0 N–H and O–H groups in total. The topological polar surface area (TPSA) is 60.2 Å². The number of aryl methyl sites for hydroxylation is 5. The summed E-state index contributed by atoms with van der Waals surface area (Å²) in [7, 11) is 1.68. The summed E-state index contributed by atoms with van der Waals surface area (Å²) >= 11 is 2.70. The molecule has 0 radical (unpaired) electrons. The van der Waals surface area contributed by atoms with E-state index < -0.39 is 0 Å². The van der Waals surface area contributed by atoms with Gasteiger partial charge in [0.1, 0.15) is 11.9 Å². The van der Waals surface area contributed by atoms with Crippen LogP contribution in [0, 0.1) is 110 Å². The number of azo groups is 1. The van der Waals surface area contributed by atoms with Crippen molar-refractivity contribution in [2.45, 2.75) is 280 Å². The maximum atomic E-state index is 11.5. The molecule has 0 saturated heterocycles. The number of benzene rings is 8. The van der Waals surface area contributed by atoms with Crippen LogP contribution in [0.1, 0.15) is 263 Å². The number of hydrogen-bond donors (Lipinski definition) is 0. The molecule has 0 aliphatic heterocycles. The van der Waals surface area contributed by atoms with Crippen LogP contribution in [-0.2, 0) is 16.0 Å². The highest BCUT2D eigenvalue weighted by Crippen LogP contribution is 2.68. The Labute approximate surface area is 713 Å². The lowest BCUT2D eigenvalue weighted by Crippen LogP contribution is -2.51. The quantitative estimate of drug-likeness (QED) is 0.0380. The number of esters is 1. The van der Waals surface area contributed by atoms with E-state index >= 15 is 0 Å². The number of ether oxygens (including phenoxy) is 2. The first-order chi connectivity index (χ1) is 55.7. The second-order valence-corrected chi connectivity index (χ2v) is 38.4. The molecule has 0 aromatic heterocycles. The van der Waals surface area contributed by atoms with Crippen molar-refractivity contribution >= 4 is 39.9 Å². The van der Waals surface area contributed by atoms with E-state index in [9.17, 15) is 4.79 Å². The second kappa shape index (κ2) is 48.2. The van der Waals surface area contributed by atoms with E-state index in [0.717, 1.165) is 99.5 Å². The fourth-order valence-electron chi connectivity index (χ4n) is 21.2. The zero-order chi connectivity index (χ0) is 82.0. The van der Waals surface area contributed by atoms with Gasteiger partial charge in [-0.15, -0.1) is 0 Å². The molecule has 0 spiro atoms. The Bertz CT molecular complexity index is 4030. The summed E-state index contributed by atoms with van der Waals surface area (Å²) in [6.45, 7) is 29.3. The van der Waals surface area contributed by atoms with E-state index in [0.29, 0.717) is 10.8 Å². The molecule has 2 bridgehead atoms. The van der Waals surface area contributed by atoms with Crippen LogP contribution >= 0.6 is 22.6 Å². The number of methoxy groups -OCH3 is 1. The van der Waals surface area contributed by atoms with E-state index in [1.165, 1.54) is 190 Å². The fourth-order valence-corrected chi connectivity index (χ4v) is 22.7. The van der Waals surface area contributed by atoms with Crippen molar-refractivity contribution in [3.8, 4) is 28.0 Å². The van der Waals surface area contributed by atoms with Crippen molar-refractivity contribution in [2.24, 2.45) is 92.1 Å². The van der Waals surface area contributed by atoms with Crippen LogP contribution in [0.5, 0.6) is 5.75 Å². The zero-order valence-corrected chi connectivity index (χ0v) is 75.9. The van der Waals surface area contributed by atoms with Crippen LogP contribution in [0.15, 0.2) is 240 Å². The monoisotopic (exact) mass is 1660 g/mol. The molecule has 9 aliphatic carbocycles. The minimum absolute atomic E-state index is 0.115. The Kier molecular flexibility index (Phi) is 38.6. The Morgan fingerprint density at radius 2 is 1.00 bits per heavy atom. The van der Waals surface area contributed by atoms with Gasteiger partial charge in [0, 0.05) is 17.3 Å². The van der Waals surface area contributed by atoms with Crippen molar-refractivity contribution in [1.82, 2.24) is 0 Å². The van der Waals surface area contributed by atoms with E-state index in [1.807, 2.05) is 97.1 Å². The zero-order valence-electron chi connectivity index (χ0n) is 73.7. The Morgan fingerprint density at radius 3 is 1.50 bits per heavy atom. The molecular formula is C109H149IN2O3. The summed E-state index contributed by atoms with van der Waals surface area (Å²) in [6, 6.07) is 74.1. The molecule has 17 rings (SSSR count). The standard InChI is InChI=1S/C29H48O2.C14H14O.C13H12N2.C13H12.C10H15I.C8H16.C8H10.C7H14.C7H8/c1-19(2)8-7-9-20(3)25-12-13-26-24-11-10-22-18-23(31-21(4)30)14-16-28(22,5)27(24)15-17-29(25,26)6;1-11-3-5-12(6-4-11)13-7-9-14(15-2)10-8-13;1-11-7-9-13(10-8-11)15-14-12-5-3-2-4-6-12;1-11-7-9-13(10-8-11)12-5-3-2-4-6-12;11-10-5-6-4-9(10)8-3-1-2-7(6)8;2*1-2-8-6-4-3-5-7-8;2*1-7-5-3-2-4-6-7/h10,19-20,23-27H,7-9,11-18H2,1-6H3;3-10H,1-2H3;2-10H,1H3;2-10H,1H3;6-10H,1-5H2;8H,2-7H2,1H3;3-7H,2H2,1H3;7H,2-6H2,1H3;2-6H,1H3/t20-,23+,24?,25-,26?,27?,28+,29-;;;;;;;;/m1......../s1. The van der Waals surface area contributed by atoms with Gasteiger partial charge in [0.15, 0.2) is 0 Å². The Hall–Kier alpha value is -6.90. The predicted molar refractivity (Wildman–Crippen MR) is 501 cm³/mol.